The predicted molar refractivity (Wildman–Crippen MR) is 88.9 cm³/mol. The summed E-state index contributed by atoms with van der Waals surface area (Å²) in [5, 5.41) is 2.88. The lowest BCUT2D eigenvalue weighted by atomic mass is 10.2. The molecule has 1 amide bonds. The molecule has 108 valence electrons. The van der Waals surface area contributed by atoms with Crippen LogP contribution >= 0.6 is 11.8 Å². The average Bonchev–Trinajstić information content (AvgIpc) is 2.54. The number of amides is 1. The highest BCUT2D eigenvalue weighted by atomic mass is 32.2. The normalized spacial score (nSPS) is 10.6. The molecule has 0 atom stereocenters. The Bertz CT molecular complexity index is 635. The van der Waals surface area contributed by atoms with Crippen LogP contribution in [0.15, 0.2) is 59.5 Å². The first kappa shape index (κ1) is 15.2. The van der Waals surface area contributed by atoms with Crippen LogP contribution in [0.3, 0.4) is 0 Å². The average molecular weight is 299 g/mol. The number of rotatable bonds is 5. The third-order valence-corrected chi connectivity index (χ3v) is 3.70. The minimum atomic E-state index is -0.146. The number of benzene rings is 2. The molecule has 2 aromatic carbocycles. The molecule has 2 aromatic rings. The number of carbonyl (C=O) groups excluding carboxylic acids is 1. The fraction of sp³-hybridized carbons (Fsp3) is 0.118. The summed E-state index contributed by atoms with van der Waals surface area (Å²) in [7, 11) is 1.63. The molecule has 0 aliphatic heterocycles. The summed E-state index contributed by atoms with van der Waals surface area (Å²) in [5.41, 5.74) is 1.78. The van der Waals surface area contributed by atoms with Crippen molar-refractivity contribution in [1.82, 2.24) is 0 Å². The van der Waals surface area contributed by atoms with Gasteiger partial charge in [0.05, 0.1) is 12.8 Å². The van der Waals surface area contributed by atoms with E-state index < -0.39 is 0 Å². The van der Waals surface area contributed by atoms with E-state index in [2.05, 4.69) is 5.32 Å². The van der Waals surface area contributed by atoms with Crippen molar-refractivity contribution >= 4 is 29.4 Å². The molecular weight excluding hydrogens is 282 g/mol. The lowest BCUT2D eigenvalue weighted by Crippen LogP contribution is -2.08. The van der Waals surface area contributed by atoms with E-state index in [1.54, 1.807) is 24.9 Å². The summed E-state index contributed by atoms with van der Waals surface area (Å²) in [6, 6.07) is 15.3. The van der Waals surface area contributed by atoms with E-state index in [1.807, 2.05) is 54.8 Å². The van der Waals surface area contributed by atoms with E-state index in [-0.39, 0.29) is 5.91 Å². The van der Waals surface area contributed by atoms with E-state index in [9.17, 15) is 4.79 Å². The number of hydrogen-bond acceptors (Lipinski definition) is 3. The maximum atomic E-state index is 11.9. The highest BCUT2D eigenvalue weighted by Crippen LogP contribution is 2.24. The smallest absolute Gasteiger partial charge is 0.248 e. The van der Waals surface area contributed by atoms with Gasteiger partial charge in [0.25, 0.3) is 0 Å². The van der Waals surface area contributed by atoms with Crippen molar-refractivity contribution in [1.29, 1.82) is 0 Å². The van der Waals surface area contributed by atoms with Crippen molar-refractivity contribution in [3.63, 3.8) is 0 Å². The number of para-hydroxylation sites is 1. The van der Waals surface area contributed by atoms with Gasteiger partial charge in [0.1, 0.15) is 5.75 Å². The highest BCUT2D eigenvalue weighted by molar-refractivity contribution is 7.98. The van der Waals surface area contributed by atoms with Crippen LogP contribution in [0, 0.1) is 0 Å². The zero-order valence-electron chi connectivity index (χ0n) is 12.0. The van der Waals surface area contributed by atoms with Gasteiger partial charge < -0.3 is 10.1 Å². The Balaban J connectivity index is 2.02. The molecule has 0 bridgehead atoms. The van der Waals surface area contributed by atoms with Gasteiger partial charge >= 0.3 is 0 Å². The number of nitrogens with one attached hydrogen (secondary N) is 1. The molecule has 1 N–H and O–H groups in total. The quantitative estimate of drug-likeness (QED) is 0.668. The largest absolute Gasteiger partial charge is 0.497 e. The first-order chi connectivity index (χ1) is 10.2. The molecule has 0 aromatic heterocycles. The third kappa shape index (κ3) is 4.39. The van der Waals surface area contributed by atoms with Crippen molar-refractivity contribution in [2.75, 3.05) is 18.7 Å². The molecule has 0 unspecified atom stereocenters. The summed E-state index contributed by atoms with van der Waals surface area (Å²) >= 11 is 1.60. The second-order valence-corrected chi connectivity index (χ2v) is 5.14. The molecular formula is C17H17NO2S. The van der Waals surface area contributed by atoms with Crippen molar-refractivity contribution in [3.05, 3.63) is 60.2 Å². The second-order valence-electron chi connectivity index (χ2n) is 4.30. The number of hydrogen-bond donors (Lipinski definition) is 1. The molecule has 0 spiro atoms. The zero-order chi connectivity index (χ0) is 15.1. The van der Waals surface area contributed by atoms with Gasteiger partial charge in [-0.1, -0.05) is 24.3 Å². The topological polar surface area (TPSA) is 38.3 Å². The first-order valence-electron chi connectivity index (χ1n) is 6.49. The maximum absolute atomic E-state index is 11.9. The van der Waals surface area contributed by atoms with Crippen LogP contribution in [0.1, 0.15) is 5.56 Å². The number of carbonyl (C=O) groups is 1. The van der Waals surface area contributed by atoms with Crippen LogP contribution in [0.2, 0.25) is 0 Å². The Kier molecular flexibility index (Phi) is 5.46. The molecule has 4 heteroatoms. The van der Waals surface area contributed by atoms with E-state index >= 15 is 0 Å². The number of methoxy groups -OCH3 is 1. The highest BCUT2D eigenvalue weighted by Gasteiger charge is 2.02. The molecule has 0 fully saturated rings. The molecule has 21 heavy (non-hydrogen) atoms. The minimum absolute atomic E-state index is 0.146. The molecule has 2 rings (SSSR count). The molecule has 0 aliphatic rings. The maximum Gasteiger partial charge on any atom is 0.248 e. The van der Waals surface area contributed by atoms with Crippen LogP contribution in [-0.2, 0) is 4.79 Å². The summed E-state index contributed by atoms with van der Waals surface area (Å²) in [6.45, 7) is 0. The van der Waals surface area contributed by atoms with Gasteiger partial charge in [-0.15, -0.1) is 11.8 Å². The lowest BCUT2D eigenvalue weighted by Gasteiger charge is -2.06. The Labute approximate surface area is 129 Å². The third-order valence-electron chi connectivity index (χ3n) is 2.91. The van der Waals surface area contributed by atoms with Gasteiger partial charge in [0.2, 0.25) is 5.91 Å². The lowest BCUT2D eigenvalue weighted by molar-refractivity contribution is -0.111. The van der Waals surface area contributed by atoms with Crippen LogP contribution in [0.5, 0.6) is 5.75 Å². The molecule has 0 saturated carbocycles. The summed E-state index contributed by atoms with van der Waals surface area (Å²) in [4.78, 5) is 13.0. The molecule has 0 aliphatic carbocycles. The standard InChI is InChI=1S/C17H17NO2S/c1-20-14-10-7-13(8-11-14)9-12-17(19)18-15-5-3-4-6-16(15)21-2/h3-12H,1-2H3,(H,18,19)/b12-9+. The molecule has 0 radical (unpaired) electrons. The van der Waals surface area contributed by atoms with E-state index in [4.69, 9.17) is 4.74 Å². The summed E-state index contributed by atoms with van der Waals surface area (Å²) in [5.74, 6) is 0.651. The van der Waals surface area contributed by atoms with Crippen molar-refractivity contribution in [2.45, 2.75) is 4.90 Å². The number of anilines is 1. The van der Waals surface area contributed by atoms with Gasteiger partial charge in [-0.05, 0) is 42.2 Å². The van der Waals surface area contributed by atoms with Crippen LogP contribution < -0.4 is 10.1 Å². The first-order valence-corrected chi connectivity index (χ1v) is 7.71. The van der Waals surface area contributed by atoms with Crippen molar-refractivity contribution in [3.8, 4) is 5.75 Å². The van der Waals surface area contributed by atoms with E-state index in [0.717, 1.165) is 21.9 Å². The summed E-state index contributed by atoms with van der Waals surface area (Å²) in [6.07, 6.45) is 5.29. The van der Waals surface area contributed by atoms with Crippen molar-refractivity contribution < 1.29 is 9.53 Å². The predicted octanol–water partition coefficient (Wildman–Crippen LogP) is 4.07. The molecule has 0 heterocycles. The van der Waals surface area contributed by atoms with Crippen LogP contribution in [0.25, 0.3) is 6.08 Å². The van der Waals surface area contributed by atoms with Gasteiger partial charge in [-0.2, -0.15) is 0 Å². The second kappa shape index (κ2) is 7.55. The van der Waals surface area contributed by atoms with Crippen molar-refractivity contribution in [2.24, 2.45) is 0 Å². The number of thioether (sulfide) groups is 1. The van der Waals surface area contributed by atoms with E-state index in [0.29, 0.717) is 0 Å². The minimum Gasteiger partial charge on any atom is -0.497 e. The van der Waals surface area contributed by atoms with Gasteiger partial charge in [0.15, 0.2) is 0 Å². The monoisotopic (exact) mass is 299 g/mol. The summed E-state index contributed by atoms with van der Waals surface area (Å²) < 4.78 is 5.09. The SMILES string of the molecule is COc1ccc(/C=C/C(=O)Nc2ccccc2SC)cc1. The Morgan fingerprint density at radius 1 is 1.14 bits per heavy atom. The fourth-order valence-electron chi connectivity index (χ4n) is 1.81. The fourth-order valence-corrected chi connectivity index (χ4v) is 2.36. The van der Waals surface area contributed by atoms with Gasteiger partial charge in [0, 0.05) is 11.0 Å². The Hall–Kier alpha value is -2.20. The van der Waals surface area contributed by atoms with Gasteiger partial charge in [-0.3, -0.25) is 4.79 Å². The molecule has 0 saturated heterocycles. The number of ether oxygens (including phenoxy) is 1. The Morgan fingerprint density at radius 2 is 1.86 bits per heavy atom. The molecule has 3 nitrogen and oxygen atoms in total. The Morgan fingerprint density at radius 3 is 2.52 bits per heavy atom. The van der Waals surface area contributed by atoms with Crippen LogP contribution in [-0.4, -0.2) is 19.3 Å². The zero-order valence-corrected chi connectivity index (χ0v) is 12.8. The van der Waals surface area contributed by atoms with Crippen LogP contribution in [0.4, 0.5) is 5.69 Å². The van der Waals surface area contributed by atoms with E-state index in [1.165, 1.54) is 6.08 Å². The van der Waals surface area contributed by atoms with Gasteiger partial charge in [-0.25, -0.2) is 0 Å².